The van der Waals surface area contributed by atoms with Gasteiger partial charge in [0.25, 0.3) is 15.9 Å². The van der Waals surface area contributed by atoms with Crippen LogP contribution in [0.5, 0.6) is 5.75 Å². The molecule has 37 heavy (non-hydrogen) atoms. The van der Waals surface area contributed by atoms with Crippen LogP contribution in [-0.2, 0) is 21.0 Å². The Labute approximate surface area is 217 Å². The predicted molar refractivity (Wildman–Crippen MR) is 130 cm³/mol. The van der Waals surface area contributed by atoms with Crippen molar-refractivity contribution in [3.8, 4) is 5.75 Å². The van der Waals surface area contributed by atoms with Crippen LogP contribution in [0.4, 0.5) is 13.2 Å². The number of alkyl halides is 3. The lowest BCUT2D eigenvalue weighted by atomic mass is 10.1. The Morgan fingerprint density at radius 1 is 1.11 bits per heavy atom. The van der Waals surface area contributed by atoms with Crippen molar-refractivity contribution in [1.82, 2.24) is 9.29 Å². The molecule has 0 fully saturated rings. The van der Waals surface area contributed by atoms with Crippen LogP contribution in [0.2, 0.25) is 0 Å². The van der Waals surface area contributed by atoms with Crippen LogP contribution in [0, 0.1) is 0 Å². The molecule has 4 N–H and O–H groups in total. The van der Waals surface area contributed by atoms with Crippen molar-refractivity contribution < 1.29 is 41.4 Å². The quantitative estimate of drug-likeness (QED) is 0.309. The van der Waals surface area contributed by atoms with Gasteiger partial charge in [-0.05, 0) is 68.3 Å². The number of carboxylic acid groups (broad SMARTS) is 1. The Kier molecular flexibility index (Phi) is 8.45. The van der Waals surface area contributed by atoms with Gasteiger partial charge in [-0.3, -0.25) is 9.78 Å². The van der Waals surface area contributed by atoms with E-state index in [0.717, 1.165) is 18.2 Å². The SMILES string of the molecule is NCCCC[C@@H](C(=O)O)N(C(=O)c1cnc2cc(C(F)(F)F)ccc2c1O)S(=O)(=O)c1ccc(Br)cc1. The Morgan fingerprint density at radius 2 is 1.76 bits per heavy atom. The first-order valence-electron chi connectivity index (χ1n) is 10.7. The molecule has 0 radical (unpaired) electrons. The first kappa shape index (κ1) is 28.3. The molecule has 0 saturated heterocycles. The second kappa shape index (κ2) is 11.0. The summed E-state index contributed by atoms with van der Waals surface area (Å²) in [6.45, 7) is 0.203. The highest BCUT2D eigenvalue weighted by Gasteiger charge is 2.41. The molecule has 3 aromatic rings. The van der Waals surface area contributed by atoms with Crippen molar-refractivity contribution in [2.24, 2.45) is 5.73 Å². The van der Waals surface area contributed by atoms with E-state index in [4.69, 9.17) is 5.73 Å². The van der Waals surface area contributed by atoms with Gasteiger partial charge in [0.2, 0.25) is 0 Å². The second-order valence-electron chi connectivity index (χ2n) is 7.95. The molecule has 0 aliphatic carbocycles. The number of nitrogens with two attached hydrogens (primary N) is 1. The Bertz CT molecular complexity index is 1430. The van der Waals surface area contributed by atoms with E-state index in [-0.39, 0.29) is 34.6 Å². The predicted octanol–water partition coefficient (Wildman–Crippen LogP) is 4.14. The van der Waals surface area contributed by atoms with Gasteiger partial charge in [0.1, 0.15) is 17.4 Å². The standard InChI is InChI=1S/C23H21BrF3N3O6S/c24-14-5-7-15(8-6-14)37(35,36)30(19(22(33)34)3-1-2-10-28)21(32)17-12-29-18-11-13(23(25,26)27)4-9-16(18)20(17)31/h4-9,11-12,19H,1-3,10,28H2,(H,29,31)(H,33,34)/t19-/m0/s1. The number of nitrogens with zero attached hydrogens (tertiary/aromatic N) is 2. The smallest absolute Gasteiger partial charge is 0.416 e. The second-order valence-corrected chi connectivity index (χ2v) is 10.7. The molecule has 0 spiro atoms. The summed E-state index contributed by atoms with van der Waals surface area (Å²) in [4.78, 5) is 29.1. The molecule has 0 aliphatic heterocycles. The lowest BCUT2D eigenvalue weighted by Gasteiger charge is -2.29. The van der Waals surface area contributed by atoms with Crippen LogP contribution >= 0.6 is 15.9 Å². The third-order valence-corrected chi connectivity index (χ3v) is 7.80. The van der Waals surface area contributed by atoms with Crippen LogP contribution in [-0.4, -0.2) is 52.4 Å². The number of unbranched alkanes of at least 4 members (excludes halogenated alkanes) is 1. The number of sulfonamides is 1. The fourth-order valence-corrected chi connectivity index (χ4v) is 5.41. The molecular weight excluding hydrogens is 583 g/mol. The fourth-order valence-electron chi connectivity index (χ4n) is 3.59. The largest absolute Gasteiger partial charge is 0.506 e. The average Bonchev–Trinajstić information content (AvgIpc) is 2.82. The van der Waals surface area contributed by atoms with Crippen molar-refractivity contribution in [3.05, 3.63) is 64.3 Å². The van der Waals surface area contributed by atoms with Gasteiger partial charge in [-0.2, -0.15) is 13.2 Å². The molecule has 14 heteroatoms. The number of halogens is 4. The number of carboxylic acids is 1. The zero-order chi connectivity index (χ0) is 27.5. The number of aromatic nitrogens is 1. The van der Waals surface area contributed by atoms with Crippen molar-refractivity contribution in [1.29, 1.82) is 0 Å². The maximum atomic E-state index is 13.6. The first-order valence-corrected chi connectivity index (χ1v) is 13.0. The van der Waals surface area contributed by atoms with Gasteiger partial charge in [0.05, 0.1) is 16.0 Å². The molecule has 0 saturated carbocycles. The molecule has 1 aromatic heterocycles. The summed E-state index contributed by atoms with van der Waals surface area (Å²) in [6, 6.07) is 5.44. The lowest BCUT2D eigenvalue weighted by molar-refractivity contribution is -0.141. The van der Waals surface area contributed by atoms with Gasteiger partial charge < -0.3 is 15.9 Å². The van der Waals surface area contributed by atoms with Crippen LogP contribution in [0.1, 0.15) is 35.2 Å². The number of amides is 1. The van der Waals surface area contributed by atoms with Crippen LogP contribution in [0.25, 0.3) is 10.9 Å². The number of aliphatic carboxylic acids is 1. The summed E-state index contributed by atoms with van der Waals surface area (Å²) in [5.74, 6) is -3.87. The molecule has 1 heterocycles. The van der Waals surface area contributed by atoms with Crippen molar-refractivity contribution in [2.45, 2.75) is 36.4 Å². The van der Waals surface area contributed by atoms with E-state index < -0.39 is 55.9 Å². The van der Waals surface area contributed by atoms with Crippen LogP contribution in [0.15, 0.2) is 58.0 Å². The molecule has 1 amide bonds. The molecule has 0 bridgehead atoms. The molecule has 1 atom stereocenters. The normalized spacial score (nSPS) is 12.9. The first-order chi connectivity index (χ1) is 17.3. The molecular formula is C23H21BrF3N3O6S. The minimum atomic E-state index is -4.78. The summed E-state index contributed by atoms with van der Waals surface area (Å²) in [7, 11) is -4.78. The van der Waals surface area contributed by atoms with Gasteiger partial charge in [-0.15, -0.1) is 0 Å². The number of aromatic hydroxyl groups is 1. The van der Waals surface area contributed by atoms with Gasteiger partial charge in [-0.25, -0.2) is 17.5 Å². The molecule has 3 rings (SSSR count). The fraction of sp³-hybridized carbons (Fsp3) is 0.261. The van der Waals surface area contributed by atoms with Gasteiger partial charge in [0.15, 0.2) is 0 Å². The molecule has 9 nitrogen and oxygen atoms in total. The van der Waals surface area contributed by atoms with Crippen LogP contribution < -0.4 is 5.73 Å². The molecule has 0 aliphatic rings. The highest BCUT2D eigenvalue weighted by atomic mass is 79.9. The highest BCUT2D eigenvalue weighted by molar-refractivity contribution is 9.10. The molecule has 2 aromatic carbocycles. The minimum Gasteiger partial charge on any atom is -0.506 e. The summed E-state index contributed by atoms with van der Waals surface area (Å²) < 4.78 is 66.9. The van der Waals surface area contributed by atoms with E-state index >= 15 is 0 Å². The lowest BCUT2D eigenvalue weighted by Crippen LogP contribution is -2.48. The number of benzene rings is 2. The third-order valence-electron chi connectivity index (χ3n) is 5.47. The maximum absolute atomic E-state index is 13.6. The van der Waals surface area contributed by atoms with Gasteiger partial charge >= 0.3 is 12.1 Å². The third kappa shape index (κ3) is 6.02. The zero-order valence-corrected chi connectivity index (χ0v) is 21.3. The zero-order valence-electron chi connectivity index (χ0n) is 18.9. The van der Waals surface area contributed by atoms with Crippen molar-refractivity contribution in [2.75, 3.05) is 6.54 Å². The van der Waals surface area contributed by atoms with Gasteiger partial charge in [0, 0.05) is 16.1 Å². The maximum Gasteiger partial charge on any atom is 0.416 e. The number of hydrogen-bond acceptors (Lipinski definition) is 7. The minimum absolute atomic E-state index is 0.155. The summed E-state index contributed by atoms with van der Waals surface area (Å²) in [5.41, 5.74) is 3.41. The summed E-state index contributed by atoms with van der Waals surface area (Å²) in [6.07, 6.45) is -3.72. The van der Waals surface area contributed by atoms with E-state index in [1.54, 1.807) is 0 Å². The Balaban J connectivity index is 2.18. The molecule has 198 valence electrons. The number of carbonyl (C=O) groups is 2. The Hall–Kier alpha value is -3.23. The van der Waals surface area contributed by atoms with Crippen molar-refractivity contribution in [3.63, 3.8) is 0 Å². The monoisotopic (exact) mass is 603 g/mol. The highest BCUT2D eigenvalue weighted by Crippen LogP contribution is 2.35. The number of hydrogen-bond donors (Lipinski definition) is 3. The van der Waals surface area contributed by atoms with E-state index in [0.29, 0.717) is 29.2 Å². The van der Waals surface area contributed by atoms with E-state index in [1.807, 2.05) is 0 Å². The summed E-state index contributed by atoms with van der Waals surface area (Å²) in [5, 5.41) is 20.3. The number of fused-ring (bicyclic) bond motifs is 1. The van der Waals surface area contributed by atoms with Crippen molar-refractivity contribution >= 4 is 48.7 Å². The molecule has 0 unspecified atom stereocenters. The number of pyridine rings is 1. The van der Waals surface area contributed by atoms with Gasteiger partial charge in [-0.1, -0.05) is 15.9 Å². The van der Waals surface area contributed by atoms with E-state index in [9.17, 15) is 41.4 Å². The topological polar surface area (TPSA) is 151 Å². The summed E-state index contributed by atoms with van der Waals surface area (Å²) >= 11 is 3.17. The number of rotatable bonds is 9. The Morgan fingerprint density at radius 3 is 2.32 bits per heavy atom. The van der Waals surface area contributed by atoms with E-state index in [2.05, 4.69) is 20.9 Å². The number of carbonyl (C=O) groups excluding carboxylic acids is 1. The average molecular weight is 604 g/mol. The van der Waals surface area contributed by atoms with Crippen LogP contribution in [0.3, 0.4) is 0 Å². The van der Waals surface area contributed by atoms with E-state index in [1.165, 1.54) is 12.1 Å².